The highest BCUT2D eigenvalue weighted by Crippen LogP contribution is 2.28. The highest BCUT2D eigenvalue weighted by Gasteiger charge is 2.10. The monoisotopic (exact) mass is 324 g/mol. The maximum atomic E-state index is 6.45. The number of ether oxygens (including phenoxy) is 1. The molecule has 3 heteroatoms. The van der Waals surface area contributed by atoms with Gasteiger partial charge in [-0.25, -0.2) is 0 Å². The van der Waals surface area contributed by atoms with Gasteiger partial charge < -0.3 is 4.74 Å². The zero-order chi connectivity index (χ0) is 13.0. The summed E-state index contributed by atoms with van der Waals surface area (Å²) in [6, 6.07) is 16.1. The van der Waals surface area contributed by atoms with E-state index >= 15 is 0 Å². The van der Waals surface area contributed by atoms with Crippen molar-refractivity contribution < 1.29 is 4.74 Å². The molecule has 0 aliphatic carbocycles. The molecule has 0 saturated carbocycles. The summed E-state index contributed by atoms with van der Waals surface area (Å²) in [5.74, 6) is 0.840. The van der Waals surface area contributed by atoms with Crippen molar-refractivity contribution in [2.24, 2.45) is 0 Å². The molecule has 1 atom stereocenters. The van der Waals surface area contributed by atoms with Crippen molar-refractivity contribution >= 4 is 27.5 Å². The minimum Gasteiger partial charge on any atom is -0.497 e. The molecule has 0 heterocycles. The van der Waals surface area contributed by atoms with E-state index in [9.17, 15) is 0 Å². The standard InChI is InChI=1S/C15H14BrClO/c1-18-14-7-3-5-12(10-14)15(17)9-11-4-2-6-13(16)8-11/h2-8,10,15H,9H2,1H3. The van der Waals surface area contributed by atoms with Crippen molar-refractivity contribution in [3.8, 4) is 5.75 Å². The Morgan fingerprint density at radius 1 is 1.17 bits per heavy atom. The predicted molar refractivity (Wildman–Crippen MR) is 79.4 cm³/mol. The first-order valence-corrected chi connectivity index (χ1v) is 6.94. The Morgan fingerprint density at radius 3 is 2.67 bits per heavy atom. The van der Waals surface area contributed by atoms with Crippen LogP contribution in [0.5, 0.6) is 5.75 Å². The van der Waals surface area contributed by atoms with Crippen LogP contribution in [0.1, 0.15) is 16.5 Å². The molecule has 0 radical (unpaired) electrons. The average molecular weight is 326 g/mol. The van der Waals surface area contributed by atoms with Crippen LogP contribution < -0.4 is 4.74 Å². The largest absolute Gasteiger partial charge is 0.497 e. The summed E-state index contributed by atoms with van der Waals surface area (Å²) in [6.07, 6.45) is 0.800. The molecule has 0 fully saturated rings. The van der Waals surface area contributed by atoms with Crippen LogP contribution in [0.4, 0.5) is 0 Å². The Bertz CT molecular complexity index is 527. The maximum Gasteiger partial charge on any atom is 0.119 e. The molecule has 0 N–H and O–H groups in total. The molecule has 2 rings (SSSR count). The third-order valence-electron chi connectivity index (χ3n) is 2.76. The van der Waals surface area contributed by atoms with E-state index in [1.54, 1.807) is 7.11 Å². The Morgan fingerprint density at radius 2 is 1.94 bits per heavy atom. The predicted octanol–water partition coefficient (Wildman–Crippen LogP) is 4.98. The van der Waals surface area contributed by atoms with E-state index in [0.29, 0.717) is 0 Å². The molecule has 0 amide bonds. The Balaban J connectivity index is 2.13. The van der Waals surface area contributed by atoms with Crippen LogP contribution in [-0.4, -0.2) is 7.11 Å². The minimum absolute atomic E-state index is 0.0469. The first-order valence-electron chi connectivity index (χ1n) is 5.71. The Labute approximate surface area is 121 Å². The van der Waals surface area contributed by atoms with Gasteiger partial charge >= 0.3 is 0 Å². The molecular weight excluding hydrogens is 312 g/mol. The molecule has 0 aliphatic rings. The lowest BCUT2D eigenvalue weighted by Crippen LogP contribution is -1.96. The molecule has 94 valence electrons. The van der Waals surface area contributed by atoms with Crippen molar-refractivity contribution in [2.45, 2.75) is 11.8 Å². The fourth-order valence-electron chi connectivity index (χ4n) is 1.83. The third kappa shape index (κ3) is 3.50. The quantitative estimate of drug-likeness (QED) is 0.720. The fourth-order valence-corrected chi connectivity index (χ4v) is 2.59. The number of hydrogen-bond acceptors (Lipinski definition) is 1. The number of alkyl halides is 1. The van der Waals surface area contributed by atoms with Crippen molar-refractivity contribution in [3.63, 3.8) is 0 Å². The Hall–Kier alpha value is -0.990. The number of halogens is 2. The number of methoxy groups -OCH3 is 1. The highest BCUT2D eigenvalue weighted by molar-refractivity contribution is 9.10. The van der Waals surface area contributed by atoms with Crippen molar-refractivity contribution in [1.29, 1.82) is 0 Å². The van der Waals surface area contributed by atoms with Gasteiger partial charge in [-0.3, -0.25) is 0 Å². The molecular formula is C15H14BrClO. The van der Waals surface area contributed by atoms with E-state index in [4.69, 9.17) is 16.3 Å². The molecule has 2 aromatic carbocycles. The van der Waals surface area contributed by atoms with Gasteiger partial charge in [-0.05, 0) is 41.8 Å². The van der Waals surface area contributed by atoms with Crippen LogP contribution >= 0.6 is 27.5 Å². The number of benzene rings is 2. The number of rotatable bonds is 4. The third-order valence-corrected chi connectivity index (χ3v) is 3.66. The molecule has 1 nitrogen and oxygen atoms in total. The van der Waals surface area contributed by atoms with Gasteiger partial charge in [0, 0.05) is 4.47 Å². The van der Waals surface area contributed by atoms with Gasteiger partial charge in [-0.1, -0.05) is 40.2 Å². The Kier molecular flexibility index (Phi) is 4.67. The second-order valence-electron chi connectivity index (χ2n) is 4.08. The molecule has 2 aromatic rings. The summed E-state index contributed by atoms with van der Waals surface area (Å²) in [5, 5.41) is -0.0469. The van der Waals surface area contributed by atoms with Gasteiger partial charge in [0.05, 0.1) is 12.5 Å². The molecule has 0 bridgehead atoms. The zero-order valence-electron chi connectivity index (χ0n) is 10.1. The van der Waals surface area contributed by atoms with E-state index < -0.39 is 0 Å². The lowest BCUT2D eigenvalue weighted by molar-refractivity contribution is 0.414. The van der Waals surface area contributed by atoms with Crippen LogP contribution in [0.25, 0.3) is 0 Å². The van der Waals surface area contributed by atoms with Gasteiger partial charge in [-0.2, -0.15) is 0 Å². The first-order chi connectivity index (χ1) is 8.69. The van der Waals surface area contributed by atoms with Crippen molar-refractivity contribution in [3.05, 3.63) is 64.1 Å². The average Bonchev–Trinajstić information content (AvgIpc) is 2.39. The lowest BCUT2D eigenvalue weighted by atomic mass is 10.0. The molecule has 0 spiro atoms. The van der Waals surface area contributed by atoms with Gasteiger partial charge in [0.1, 0.15) is 5.75 Å². The minimum atomic E-state index is -0.0469. The van der Waals surface area contributed by atoms with Crippen LogP contribution in [0.3, 0.4) is 0 Å². The SMILES string of the molecule is COc1cccc(C(Cl)Cc2cccc(Br)c2)c1. The topological polar surface area (TPSA) is 9.23 Å². The number of hydrogen-bond donors (Lipinski definition) is 0. The van der Waals surface area contributed by atoms with Crippen LogP contribution in [0.15, 0.2) is 53.0 Å². The van der Waals surface area contributed by atoms with E-state index in [0.717, 1.165) is 22.2 Å². The van der Waals surface area contributed by atoms with E-state index in [1.165, 1.54) is 5.56 Å². The lowest BCUT2D eigenvalue weighted by Gasteiger charge is -2.11. The molecule has 0 aliphatic heterocycles. The van der Waals surface area contributed by atoms with Gasteiger partial charge in [0.15, 0.2) is 0 Å². The van der Waals surface area contributed by atoms with Crippen molar-refractivity contribution in [2.75, 3.05) is 7.11 Å². The zero-order valence-corrected chi connectivity index (χ0v) is 12.4. The van der Waals surface area contributed by atoms with Gasteiger partial charge in [-0.15, -0.1) is 11.6 Å². The van der Waals surface area contributed by atoms with E-state index in [-0.39, 0.29) is 5.38 Å². The van der Waals surface area contributed by atoms with Crippen LogP contribution in [0, 0.1) is 0 Å². The second kappa shape index (κ2) is 6.26. The second-order valence-corrected chi connectivity index (χ2v) is 5.52. The van der Waals surface area contributed by atoms with E-state index in [1.807, 2.05) is 36.4 Å². The fraction of sp³-hybridized carbons (Fsp3) is 0.200. The highest BCUT2D eigenvalue weighted by atomic mass is 79.9. The molecule has 0 aromatic heterocycles. The summed E-state index contributed by atoms with van der Waals surface area (Å²) in [4.78, 5) is 0. The summed E-state index contributed by atoms with van der Waals surface area (Å²) < 4.78 is 6.29. The summed E-state index contributed by atoms with van der Waals surface area (Å²) in [6.45, 7) is 0. The normalized spacial score (nSPS) is 12.2. The van der Waals surface area contributed by atoms with Crippen LogP contribution in [-0.2, 0) is 6.42 Å². The van der Waals surface area contributed by atoms with Gasteiger partial charge in [0.25, 0.3) is 0 Å². The van der Waals surface area contributed by atoms with Gasteiger partial charge in [0.2, 0.25) is 0 Å². The smallest absolute Gasteiger partial charge is 0.119 e. The summed E-state index contributed by atoms with van der Waals surface area (Å²) in [5.41, 5.74) is 2.29. The molecule has 18 heavy (non-hydrogen) atoms. The maximum absolute atomic E-state index is 6.45. The summed E-state index contributed by atoms with van der Waals surface area (Å²) >= 11 is 9.92. The summed E-state index contributed by atoms with van der Waals surface area (Å²) in [7, 11) is 1.66. The molecule has 0 saturated heterocycles. The van der Waals surface area contributed by atoms with Crippen molar-refractivity contribution in [1.82, 2.24) is 0 Å². The first kappa shape index (κ1) is 13.4. The van der Waals surface area contributed by atoms with Crippen LogP contribution in [0.2, 0.25) is 0 Å². The molecule has 1 unspecified atom stereocenters. The van der Waals surface area contributed by atoms with E-state index in [2.05, 4.69) is 28.1 Å².